The van der Waals surface area contributed by atoms with E-state index in [4.69, 9.17) is 9.92 Å². The Hall–Kier alpha value is -0.130. The SMILES string of the molecule is CC(CN)CS(=O)(=O)OC1(C)CCCCC1C. The highest BCUT2D eigenvalue weighted by Crippen LogP contribution is 2.37. The summed E-state index contributed by atoms with van der Waals surface area (Å²) in [5.41, 5.74) is 4.93. The second-order valence-corrected chi connectivity index (χ2v) is 7.22. The van der Waals surface area contributed by atoms with Gasteiger partial charge in [0.2, 0.25) is 0 Å². The van der Waals surface area contributed by atoms with E-state index in [2.05, 4.69) is 6.92 Å². The van der Waals surface area contributed by atoms with Gasteiger partial charge in [0.1, 0.15) is 0 Å². The maximum atomic E-state index is 11.9. The van der Waals surface area contributed by atoms with Gasteiger partial charge in [-0.25, -0.2) is 0 Å². The summed E-state index contributed by atoms with van der Waals surface area (Å²) in [6.45, 7) is 6.19. The molecule has 0 heterocycles. The average molecular weight is 263 g/mol. The summed E-state index contributed by atoms with van der Waals surface area (Å²) in [7, 11) is -3.46. The molecule has 1 aliphatic rings. The van der Waals surface area contributed by atoms with Crippen LogP contribution in [0, 0.1) is 11.8 Å². The third kappa shape index (κ3) is 4.23. The van der Waals surface area contributed by atoms with Gasteiger partial charge < -0.3 is 5.73 Å². The van der Waals surface area contributed by atoms with E-state index in [1.165, 1.54) is 6.42 Å². The lowest BCUT2D eigenvalue weighted by Crippen LogP contribution is -2.42. The molecule has 0 radical (unpaired) electrons. The Kier molecular flexibility index (Phi) is 4.98. The standard InChI is InChI=1S/C12H25NO3S/c1-10(8-13)9-17(14,15)16-12(3)7-5-4-6-11(12)2/h10-11H,4-9,13H2,1-3H3. The van der Waals surface area contributed by atoms with Crippen LogP contribution >= 0.6 is 0 Å². The van der Waals surface area contributed by atoms with E-state index in [-0.39, 0.29) is 11.7 Å². The summed E-state index contributed by atoms with van der Waals surface area (Å²) in [6, 6.07) is 0. The minimum absolute atomic E-state index is 0.0197. The topological polar surface area (TPSA) is 69.4 Å². The predicted molar refractivity (Wildman–Crippen MR) is 69.1 cm³/mol. The first-order chi connectivity index (χ1) is 7.79. The van der Waals surface area contributed by atoms with Gasteiger partial charge in [0.05, 0.1) is 11.4 Å². The quantitative estimate of drug-likeness (QED) is 0.769. The molecule has 1 fully saturated rings. The van der Waals surface area contributed by atoms with Crippen LogP contribution in [0.5, 0.6) is 0 Å². The summed E-state index contributed by atoms with van der Waals surface area (Å²) in [6.07, 6.45) is 4.07. The van der Waals surface area contributed by atoms with Gasteiger partial charge in [-0.1, -0.05) is 26.7 Å². The zero-order valence-corrected chi connectivity index (χ0v) is 11.9. The lowest BCUT2D eigenvalue weighted by molar-refractivity contribution is 0.00641. The maximum Gasteiger partial charge on any atom is 0.268 e. The molecule has 0 amide bonds. The molecule has 1 rings (SSSR count). The van der Waals surface area contributed by atoms with E-state index in [0.717, 1.165) is 19.3 Å². The Labute approximate surface area is 105 Å². The molecule has 102 valence electrons. The molecule has 0 aromatic heterocycles. The van der Waals surface area contributed by atoms with Crippen LogP contribution in [-0.2, 0) is 14.3 Å². The molecule has 2 N–H and O–H groups in total. The molecule has 5 heteroatoms. The van der Waals surface area contributed by atoms with Gasteiger partial charge in [-0.15, -0.1) is 0 Å². The molecule has 0 aliphatic heterocycles. The fraction of sp³-hybridized carbons (Fsp3) is 1.00. The van der Waals surface area contributed by atoms with Gasteiger partial charge in [-0.05, 0) is 38.1 Å². The van der Waals surface area contributed by atoms with Crippen molar-refractivity contribution in [2.75, 3.05) is 12.3 Å². The maximum absolute atomic E-state index is 11.9. The normalized spacial score (nSPS) is 32.4. The minimum atomic E-state index is -3.46. The third-order valence-electron chi connectivity index (χ3n) is 3.81. The summed E-state index contributed by atoms with van der Waals surface area (Å²) in [5, 5.41) is 0. The zero-order valence-electron chi connectivity index (χ0n) is 11.1. The van der Waals surface area contributed by atoms with Crippen LogP contribution in [0.15, 0.2) is 0 Å². The third-order valence-corrected chi connectivity index (χ3v) is 5.42. The molecule has 1 saturated carbocycles. The molecule has 1 aliphatic carbocycles. The Bertz CT molecular complexity index is 342. The predicted octanol–water partition coefficient (Wildman–Crippen LogP) is 1.90. The number of hydrogen-bond acceptors (Lipinski definition) is 4. The molecular weight excluding hydrogens is 238 g/mol. The van der Waals surface area contributed by atoms with Crippen LogP contribution in [-0.4, -0.2) is 26.3 Å². The van der Waals surface area contributed by atoms with Crippen LogP contribution in [0.4, 0.5) is 0 Å². The van der Waals surface area contributed by atoms with Crippen LogP contribution in [0.3, 0.4) is 0 Å². The number of hydrogen-bond donors (Lipinski definition) is 1. The molecule has 3 unspecified atom stereocenters. The van der Waals surface area contributed by atoms with E-state index >= 15 is 0 Å². The monoisotopic (exact) mass is 263 g/mol. The zero-order chi connectivity index (χ0) is 13.1. The molecule has 4 nitrogen and oxygen atoms in total. The van der Waals surface area contributed by atoms with Crippen molar-refractivity contribution >= 4 is 10.1 Å². The molecular formula is C12H25NO3S. The van der Waals surface area contributed by atoms with Crippen molar-refractivity contribution in [3.05, 3.63) is 0 Å². The van der Waals surface area contributed by atoms with Crippen LogP contribution < -0.4 is 5.73 Å². The molecule has 0 aromatic rings. The van der Waals surface area contributed by atoms with Gasteiger partial charge in [0.25, 0.3) is 10.1 Å². The Morgan fingerprint density at radius 3 is 2.65 bits per heavy atom. The summed E-state index contributed by atoms with van der Waals surface area (Å²) < 4.78 is 29.3. The fourth-order valence-electron chi connectivity index (χ4n) is 2.34. The van der Waals surface area contributed by atoms with Crippen molar-refractivity contribution in [2.24, 2.45) is 17.6 Å². The highest BCUT2D eigenvalue weighted by atomic mass is 32.2. The van der Waals surface area contributed by atoms with Gasteiger partial charge in [0, 0.05) is 0 Å². The molecule has 0 aromatic carbocycles. The number of nitrogens with two attached hydrogens (primary N) is 1. The van der Waals surface area contributed by atoms with Gasteiger partial charge >= 0.3 is 0 Å². The second-order valence-electron chi connectivity index (χ2n) is 5.61. The average Bonchev–Trinajstić information content (AvgIpc) is 2.21. The van der Waals surface area contributed by atoms with Crippen molar-refractivity contribution in [2.45, 2.75) is 52.1 Å². The van der Waals surface area contributed by atoms with Crippen LogP contribution in [0.25, 0.3) is 0 Å². The van der Waals surface area contributed by atoms with Crippen molar-refractivity contribution in [1.82, 2.24) is 0 Å². The van der Waals surface area contributed by atoms with Gasteiger partial charge in [-0.3, -0.25) is 4.18 Å². The van der Waals surface area contributed by atoms with Crippen LogP contribution in [0.2, 0.25) is 0 Å². The summed E-state index contributed by atoms with van der Waals surface area (Å²) in [4.78, 5) is 0. The van der Waals surface area contributed by atoms with E-state index < -0.39 is 15.7 Å². The molecule has 3 atom stereocenters. The van der Waals surface area contributed by atoms with Crippen molar-refractivity contribution < 1.29 is 12.6 Å². The smallest absolute Gasteiger partial charge is 0.268 e. The lowest BCUT2D eigenvalue weighted by Gasteiger charge is -2.38. The number of rotatable bonds is 5. The summed E-state index contributed by atoms with van der Waals surface area (Å²) >= 11 is 0. The highest BCUT2D eigenvalue weighted by molar-refractivity contribution is 7.86. The van der Waals surface area contributed by atoms with Gasteiger partial charge in [0.15, 0.2) is 0 Å². The first-order valence-corrected chi connectivity index (χ1v) is 8.00. The van der Waals surface area contributed by atoms with Crippen molar-refractivity contribution in [1.29, 1.82) is 0 Å². The van der Waals surface area contributed by atoms with Crippen molar-refractivity contribution in [3.8, 4) is 0 Å². The molecule has 0 spiro atoms. The first-order valence-electron chi connectivity index (χ1n) is 6.42. The highest BCUT2D eigenvalue weighted by Gasteiger charge is 2.39. The Morgan fingerprint density at radius 1 is 1.47 bits per heavy atom. The Balaban J connectivity index is 2.68. The molecule has 0 bridgehead atoms. The van der Waals surface area contributed by atoms with Crippen molar-refractivity contribution in [3.63, 3.8) is 0 Å². The van der Waals surface area contributed by atoms with Crippen LogP contribution in [0.1, 0.15) is 46.5 Å². The largest absolute Gasteiger partial charge is 0.330 e. The first kappa shape index (κ1) is 14.9. The van der Waals surface area contributed by atoms with E-state index in [1.54, 1.807) is 0 Å². The van der Waals surface area contributed by atoms with E-state index in [1.807, 2.05) is 13.8 Å². The van der Waals surface area contributed by atoms with E-state index in [9.17, 15) is 8.42 Å². The molecule has 17 heavy (non-hydrogen) atoms. The minimum Gasteiger partial charge on any atom is -0.330 e. The lowest BCUT2D eigenvalue weighted by atomic mass is 9.78. The fourth-order valence-corrected chi connectivity index (χ4v) is 4.07. The second kappa shape index (κ2) is 5.67. The van der Waals surface area contributed by atoms with Gasteiger partial charge in [-0.2, -0.15) is 8.42 Å². The molecule has 0 saturated heterocycles. The Morgan fingerprint density at radius 2 is 2.12 bits per heavy atom. The van der Waals surface area contributed by atoms with E-state index in [0.29, 0.717) is 12.5 Å². The summed E-state index contributed by atoms with van der Waals surface area (Å²) in [5.74, 6) is 0.257.